The van der Waals surface area contributed by atoms with Gasteiger partial charge in [0.15, 0.2) is 22.0 Å². The van der Waals surface area contributed by atoms with E-state index in [9.17, 15) is 4.79 Å². The highest BCUT2D eigenvalue weighted by Gasteiger charge is 2.19. The molecule has 0 fully saturated rings. The molecule has 0 aliphatic carbocycles. The molecular weight excluding hydrogens is 394 g/mol. The monoisotopic (exact) mass is 413 g/mol. The van der Waals surface area contributed by atoms with Gasteiger partial charge in [0.1, 0.15) is 5.75 Å². The van der Waals surface area contributed by atoms with E-state index < -0.39 is 0 Å². The van der Waals surface area contributed by atoms with Crippen LogP contribution >= 0.6 is 23.1 Å². The van der Waals surface area contributed by atoms with Crippen molar-refractivity contribution in [2.24, 2.45) is 0 Å². The third-order valence-electron chi connectivity index (χ3n) is 4.19. The summed E-state index contributed by atoms with van der Waals surface area (Å²) in [5, 5.41) is 11.3. The smallest absolute Gasteiger partial charge is 0.258 e. The quantitative estimate of drug-likeness (QED) is 0.429. The van der Waals surface area contributed by atoms with Gasteiger partial charge in [0, 0.05) is 29.9 Å². The molecule has 0 bridgehead atoms. The Morgan fingerprint density at radius 1 is 1.25 bits per heavy atom. The number of fused-ring (bicyclic) bond motifs is 1. The molecule has 3 aromatic heterocycles. The molecule has 0 radical (unpaired) electrons. The van der Waals surface area contributed by atoms with Crippen molar-refractivity contribution in [2.45, 2.75) is 37.4 Å². The molecule has 3 heterocycles. The van der Waals surface area contributed by atoms with E-state index in [2.05, 4.69) is 22.1 Å². The molecule has 0 amide bonds. The maximum Gasteiger partial charge on any atom is 0.258 e. The molecular formula is C19H19N5O2S2. The van der Waals surface area contributed by atoms with E-state index in [-0.39, 0.29) is 11.7 Å². The Kier molecular flexibility index (Phi) is 5.45. The van der Waals surface area contributed by atoms with E-state index >= 15 is 0 Å². The van der Waals surface area contributed by atoms with Gasteiger partial charge in [-0.15, -0.1) is 21.5 Å². The lowest BCUT2D eigenvalue weighted by Gasteiger charge is -2.15. The molecule has 0 aliphatic rings. The lowest BCUT2D eigenvalue weighted by atomic mass is 10.3. The van der Waals surface area contributed by atoms with Crippen molar-refractivity contribution < 1.29 is 4.74 Å². The molecule has 0 saturated carbocycles. The zero-order valence-corrected chi connectivity index (χ0v) is 17.1. The fourth-order valence-corrected chi connectivity index (χ4v) is 4.50. The number of hydrogen-bond donors (Lipinski definition) is 0. The zero-order valence-electron chi connectivity index (χ0n) is 15.5. The number of benzene rings is 1. The average molecular weight is 414 g/mol. The summed E-state index contributed by atoms with van der Waals surface area (Å²) >= 11 is 2.96. The Morgan fingerprint density at radius 2 is 2.07 bits per heavy atom. The van der Waals surface area contributed by atoms with Crippen molar-refractivity contribution in [1.82, 2.24) is 24.1 Å². The van der Waals surface area contributed by atoms with Gasteiger partial charge in [0.05, 0.1) is 5.69 Å². The number of thiazole rings is 1. The summed E-state index contributed by atoms with van der Waals surface area (Å²) in [6.07, 6.45) is 1.51. The summed E-state index contributed by atoms with van der Waals surface area (Å²) in [5.74, 6) is 2.12. The fraction of sp³-hybridized carbons (Fsp3) is 0.263. The number of nitrogens with zero attached hydrogens (tertiary/aromatic N) is 5. The fourth-order valence-electron chi connectivity index (χ4n) is 2.86. The SMILES string of the molecule is CCn1c(SCc2cc(=O)n3ccsc3n2)nnc1C(C)Oc1ccccc1. The molecule has 4 aromatic rings. The van der Waals surface area contributed by atoms with Gasteiger partial charge < -0.3 is 9.30 Å². The molecule has 0 aliphatic heterocycles. The first-order chi connectivity index (χ1) is 13.7. The van der Waals surface area contributed by atoms with Crippen LogP contribution in [0.3, 0.4) is 0 Å². The summed E-state index contributed by atoms with van der Waals surface area (Å²) in [4.78, 5) is 17.4. The third kappa shape index (κ3) is 3.81. The van der Waals surface area contributed by atoms with E-state index in [1.165, 1.54) is 23.1 Å². The summed E-state index contributed by atoms with van der Waals surface area (Å²) in [6, 6.07) is 11.2. The second-order valence-electron chi connectivity index (χ2n) is 6.09. The third-order valence-corrected chi connectivity index (χ3v) is 5.94. The van der Waals surface area contributed by atoms with Crippen molar-refractivity contribution in [3.8, 4) is 5.75 Å². The van der Waals surface area contributed by atoms with Crippen molar-refractivity contribution >= 4 is 28.1 Å². The second kappa shape index (κ2) is 8.15. The Balaban J connectivity index is 1.51. The molecule has 4 rings (SSSR count). The van der Waals surface area contributed by atoms with Crippen LogP contribution < -0.4 is 10.3 Å². The number of aromatic nitrogens is 5. The minimum absolute atomic E-state index is 0.0654. The maximum absolute atomic E-state index is 12.1. The highest BCUT2D eigenvalue weighted by molar-refractivity contribution is 7.98. The van der Waals surface area contributed by atoms with E-state index in [4.69, 9.17) is 4.74 Å². The van der Waals surface area contributed by atoms with E-state index in [1.54, 1.807) is 16.7 Å². The van der Waals surface area contributed by atoms with Crippen molar-refractivity contribution in [1.29, 1.82) is 0 Å². The van der Waals surface area contributed by atoms with Crippen molar-refractivity contribution in [2.75, 3.05) is 0 Å². The van der Waals surface area contributed by atoms with Crippen LogP contribution in [0.4, 0.5) is 0 Å². The Labute approximate surface area is 170 Å². The normalized spacial score (nSPS) is 12.4. The summed E-state index contributed by atoms with van der Waals surface area (Å²) in [6.45, 7) is 4.74. The average Bonchev–Trinajstić information content (AvgIpc) is 3.34. The van der Waals surface area contributed by atoms with E-state index in [0.717, 1.165) is 29.0 Å². The van der Waals surface area contributed by atoms with Gasteiger partial charge in [0.2, 0.25) is 0 Å². The predicted octanol–water partition coefficient (Wildman–Crippen LogP) is 3.80. The summed E-state index contributed by atoms with van der Waals surface area (Å²) in [5.41, 5.74) is 0.669. The highest BCUT2D eigenvalue weighted by atomic mass is 32.2. The largest absolute Gasteiger partial charge is 0.483 e. The van der Waals surface area contributed by atoms with Gasteiger partial charge in [-0.2, -0.15) is 0 Å². The zero-order chi connectivity index (χ0) is 19.5. The van der Waals surface area contributed by atoms with Gasteiger partial charge in [-0.3, -0.25) is 9.20 Å². The van der Waals surface area contributed by atoms with Gasteiger partial charge in [0.25, 0.3) is 5.56 Å². The van der Waals surface area contributed by atoms with Crippen LogP contribution in [0, 0.1) is 0 Å². The second-order valence-corrected chi connectivity index (χ2v) is 7.90. The molecule has 7 nitrogen and oxygen atoms in total. The predicted molar refractivity (Wildman–Crippen MR) is 110 cm³/mol. The minimum atomic E-state index is -0.227. The van der Waals surface area contributed by atoms with Crippen LogP contribution in [-0.2, 0) is 12.3 Å². The standard InChI is InChI=1S/C19H19N5O2S2/c1-3-23-17(13(2)26-15-7-5-4-6-8-15)21-22-19(23)28-12-14-11-16(25)24-9-10-27-18(24)20-14/h4-11,13H,3,12H2,1-2H3. The van der Waals surface area contributed by atoms with E-state index in [1.807, 2.05) is 47.2 Å². The molecule has 0 spiro atoms. The maximum atomic E-state index is 12.1. The summed E-state index contributed by atoms with van der Waals surface area (Å²) < 4.78 is 9.57. The van der Waals surface area contributed by atoms with Crippen molar-refractivity contribution in [3.05, 3.63) is 69.8 Å². The first kappa shape index (κ1) is 18.7. The van der Waals surface area contributed by atoms with Gasteiger partial charge in [-0.05, 0) is 26.0 Å². The van der Waals surface area contributed by atoms with Crippen LogP contribution in [0.25, 0.3) is 4.96 Å². The molecule has 0 saturated heterocycles. The molecule has 1 aromatic carbocycles. The van der Waals surface area contributed by atoms with Crippen LogP contribution in [0.15, 0.2) is 57.9 Å². The Hall–Kier alpha value is -2.65. The van der Waals surface area contributed by atoms with Crippen LogP contribution in [0.1, 0.15) is 31.5 Å². The number of para-hydroxylation sites is 1. The number of ether oxygens (including phenoxy) is 1. The molecule has 9 heteroatoms. The van der Waals surface area contributed by atoms with Crippen LogP contribution in [0.5, 0.6) is 5.75 Å². The molecule has 28 heavy (non-hydrogen) atoms. The van der Waals surface area contributed by atoms with E-state index in [0.29, 0.717) is 10.7 Å². The summed E-state index contributed by atoms with van der Waals surface area (Å²) in [7, 11) is 0. The minimum Gasteiger partial charge on any atom is -0.483 e. The Bertz CT molecular complexity index is 1140. The highest BCUT2D eigenvalue weighted by Crippen LogP contribution is 2.26. The van der Waals surface area contributed by atoms with Crippen LogP contribution in [0.2, 0.25) is 0 Å². The number of rotatable bonds is 7. The topological polar surface area (TPSA) is 74.3 Å². The number of thioether (sulfide) groups is 1. The lowest BCUT2D eigenvalue weighted by Crippen LogP contribution is -2.13. The van der Waals surface area contributed by atoms with Gasteiger partial charge in [-0.25, -0.2) is 4.98 Å². The lowest BCUT2D eigenvalue weighted by molar-refractivity contribution is 0.210. The molecule has 144 valence electrons. The molecule has 1 unspecified atom stereocenters. The first-order valence-electron chi connectivity index (χ1n) is 8.89. The first-order valence-corrected chi connectivity index (χ1v) is 10.8. The van der Waals surface area contributed by atoms with Gasteiger partial charge in [-0.1, -0.05) is 30.0 Å². The molecule has 1 atom stereocenters. The Morgan fingerprint density at radius 3 is 2.86 bits per heavy atom. The van der Waals surface area contributed by atoms with Crippen LogP contribution in [-0.4, -0.2) is 24.1 Å². The van der Waals surface area contributed by atoms with Gasteiger partial charge >= 0.3 is 0 Å². The van der Waals surface area contributed by atoms with Crippen molar-refractivity contribution in [3.63, 3.8) is 0 Å². The number of hydrogen-bond acceptors (Lipinski definition) is 7. The molecule has 0 N–H and O–H groups in total.